The van der Waals surface area contributed by atoms with Crippen LogP contribution in [-0.4, -0.2) is 16.3 Å². The maximum atomic E-state index is 10.3. The summed E-state index contributed by atoms with van der Waals surface area (Å²) < 4.78 is 0. The van der Waals surface area contributed by atoms with Crippen LogP contribution < -0.4 is 5.11 Å². The molecule has 0 N–H and O–H groups in total. The van der Waals surface area contributed by atoms with Gasteiger partial charge in [-0.05, 0) is 5.92 Å². The smallest absolute Gasteiger partial charge is 0.140 e. The van der Waals surface area contributed by atoms with Crippen LogP contribution in [0.4, 0.5) is 0 Å². The van der Waals surface area contributed by atoms with Crippen molar-refractivity contribution in [2.45, 2.75) is 0 Å². The van der Waals surface area contributed by atoms with Gasteiger partial charge in [-0.2, -0.15) is 0 Å². The van der Waals surface area contributed by atoms with Crippen LogP contribution in [0.5, 0.6) is 0 Å². The first kappa shape index (κ1) is 9.23. The Bertz CT molecular complexity index is 350. The van der Waals surface area contributed by atoms with Crippen molar-refractivity contribution in [3.05, 3.63) is 16.1 Å². The maximum absolute atomic E-state index is 10.3. The predicted molar refractivity (Wildman–Crippen MR) is 47.1 cm³/mol. The fourth-order valence-electron chi connectivity index (χ4n) is 0.549. The SMILES string of the molecule is O=C([O-])c1nc(C#CCBr)cs1. The highest BCUT2D eigenvalue weighted by Crippen LogP contribution is 2.06. The Morgan fingerprint density at radius 3 is 3.08 bits per heavy atom. The fraction of sp³-hybridized carbons (Fsp3) is 0.143. The minimum atomic E-state index is -1.26. The van der Waals surface area contributed by atoms with Crippen LogP contribution >= 0.6 is 27.3 Å². The lowest BCUT2D eigenvalue weighted by Crippen LogP contribution is -2.21. The Morgan fingerprint density at radius 1 is 1.83 bits per heavy atom. The summed E-state index contributed by atoms with van der Waals surface area (Å²) in [6.45, 7) is 0. The maximum Gasteiger partial charge on any atom is 0.140 e. The van der Waals surface area contributed by atoms with Crippen molar-refractivity contribution in [3.8, 4) is 11.8 Å². The molecule has 0 atom stereocenters. The number of carbonyl (C=O) groups is 1. The average Bonchev–Trinajstić information content (AvgIpc) is 2.48. The molecule has 0 aliphatic carbocycles. The van der Waals surface area contributed by atoms with E-state index in [0.717, 1.165) is 11.3 Å². The number of thiazole rings is 1. The predicted octanol–water partition coefficient (Wildman–Crippen LogP) is 0.253. The number of carbonyl (C=O) groups excluding carboxylic acids is 1. The van der Waals surface area contributed by atoms with Crippen molar-refractivity contribution in [1.29, 1.82) is 0 Å². The van der Waals surface area contributed by atoms with Crippen LogP contribution in [0.3, 0.4) is 0 Å². The molecule has 0 spiro atoms. The number of aromatic carboxylic acids is 1. The van der Waals surface area contributed by atoms with E-state index in [1.54, 1.807) is 5.38 Å². The lowest BCUT2D eigenvalue weighted by Gasteiger charge is -1.90. The van der Waals surface area contributed by atoms with Gasteiger partial charge in [0.25, 0.3) is 0 Å². The molecule has 3 nitrogen and oxygen atoms in total. The second-order valence-electron chi connectivity index (χ2n) is 1.76. The lowest BCUT2D eigenvalue weighted by atomic mass is 10.5. The molecule has 0 saturated carbocycles. The minimum absolute atomic E-state index is 0.0335. The first-order chi connectivity index (χ1) is 5.74. The number of rotatable bonds is 1. The summed E-state index contributed by atoms with van der Waals surface area (Å²) in [6.07, 6.45) is 0. The molecule has 1 aromatic heterocycles. The molecule has 0 amide bonds. The Hall–Kier alpha value is -0.860. The van der Waals surface area contributed by atoms with Crippen molar-refractivity contribution < 1.29 is 9.90 Å². The lowest BCUT2D eigenvalue weighted by molar-refractivity contribution is -0.255. The van der Waals surface area contributed by atoms with Crippen LogP contribution in [0.25, 0.3) is 0 Å². The Morgan fingerprint density at radius 2 is 2.58 bits per heavy atom. The van der Waals surface area contributed by atoms with Crippen molar-refractivity contribution in [1.82, 2.24) is 4.98 Å². The third kappa shape index (κ3) is 2.32. The zero-order chi connectivity index (χ0) is 8.97. The topological polar surface area (TPSA) is 53.0 Å². The number of alkyl halides is 1. The van der Waals surface area contributed by atoms with Gasteiger partial charge in [-0.3, -0.25) is 0 Å². The van der Waals surface area contributed by atoms with Crippen LogP contribution in [0.2, 0.25) is 0 Å². The van der Waals surface area contributed by atoms with E-state index >= 15 is 0 Å². The number of aromatic nitrogens is 1. The number of nitrogens with zero attached hydrogens (tertiary/aromatic N) is 1. The van der Waals surface area contributed by atoms with E-state index in [0.29, 0.717) is 11.0 Å². The number of carboxylic acids is 1. The van der Waals surface area contributed by atoms with Gasteiger partial charge in [-0.25, -0.2) is 4.98 Å². The molecule has 0 bridgehead atoms. The van der Waals surface area contributed by atoms with Crippen LogP contribution in [0.1, 0.15) is 15.5 Å². The standard InChI is InChI=1S/C7H4BrNO2S/c8-3-1-2-5-4-12-6(9-5)7(10)11/h4H,3H2,(H,10,11)/p-1. The fourth-order valence-corrected chi connectivity index (χ4v) is 1.27. The summed E-state index contributed by atoms with van der Waals surface area (Å²) >= 11 is 4.13. The van der Waals surface area contributed by atoms with Crippen LogP contribution in [0, 0.1) is 11.8 Å². The van der Waals surface area contributed by atoms with Crippen LogP contribution in [-0.2, 0) is 0 Å². The molecule has 0 saturated heterocycles. The van der Waals surface area contributed by atoms with E-state index in [9.17, 15) is 9.90 Å². The molecule has 0 aliphatic heterocycles. The van der Waals surface area contributed by atoms with Gasteiger partial charge in [0, 0.05) is 5.38 Å². The minimum Gasteiger partial charge on any atom is -0.542 e. The van der Waals surface area contributed by atoms with Crippen molar-refractivity contribution >= 4 is 33.2 Å². The largest absolute Gasteiger partial charge is 0.542 e. The van der Waals surface area contributed by atoms with E-state index in [4.69, 9.17) is 0 Å². The zero-order valence-electron chi connectivity index (χ0n) is 5.83. The van der Waals surface area contributed by atoms with E-state index in [-0.39, 0.29) is 5.01 Å². The number of hydrogen-bond donors (Lipinski definition) is 0. The number of hydrogen-bond acceptors (Lipinski definition) is 4. The molecule has 5 heteroatoms. The second-order valence-corrected chi connectivity index (χ2v) is 3.18. The van der Waals surface area contributed by atoms with Crippen molar-refractivity contribution in [2.75, 3.05) is 5.33 Å². The van der Waals surface area contributed by atoms with Gasteiger partial charge in [-0.1, -0.05) is 21.9 Å². The van der Waals surface area contributed by atoms with Gasteiger partial charge in [0.15, 0.2) is 0 Å². The van der Waals surface area contributed by atoms with Crippen molar-refractivity contribution in [3.63, 3.8) is 0 Å². The zero-order valence-corrected chi connectivity index (χ0v) is 8.24. The normalized spacial score (nSPS) is 8.75. The summed E-state index contributed by atoms with van der Waals surface area (Å²) in [4.78, 5) is 14.0. The Balaban J connectivity index is 2.84. The summed E-state index contributed by atoms with van der Waals surface area (Å²) in [5.41, 5.74) is 0.471. The highest BCUT2D eigenvalue weighted by atomic mass is 79.9. The van der Waals surface area contributed by atoms with E-state index < -0.39 is 5.97 Å². The molecule has 1 rings (SSSR count). The summed E-state index contributed by atoms with van der Waals surface area (Å²) in [5.74, 6) is 4.14. The first-order valence-electron chi connectivity index (χ1n) is 2.95. The molecular weight excluding hydrogens is 242 g/mol. The van der Waals surface area contributed by atoms with Crippen LogP contribution in [0.15, 0.2) is 5.38 Å². The average molecular weight is 245 g/mol. The quantitative estimate of drug-likeness (QED) is 0.526. The van der Waals surface area contributed by atoms with Gasteiger partial charge >= 0.3 is 0 Å². The van der Waals surface area contributed by atoms with E-state index in [2.05, 4.69) is 32.8 Å². The molecule has 1 aromatic rings. The molecule has 0 fully saturated rings. The third-order valence-corrected chi connectivity index (χ3v) is 2.06. The number of carboxylic acid groups (broad SMARTS) is 1. The molecule has 0 aliphatic rings. The first-order valence-corrected chi connectivity index (χ1v) is 4.96. The Kier molecular flexibility index (Phi) is 3.26. The molecule has 62 valence electrons. The highest BCUT2D eigenvalue weighted by Gasteiger charge is 1.98. The van der Waals surface area contributed by atoms with Gasteiger partial charge in [0.2, 0.25) is 0 Å². The molecule has 12 heavy (non-hydrogen) atoms. The molecule has 1 heterocycles. The third-order valence-electron chi connectivity index (χ3n) is 0.962. The molecule has 0 unspecified atom stereocenters. The summed E-state index contributed by atoms with van der Waals surface area (Å²) in [5, 5.41) is 12.4. The highest BCUT2D eigenvalue weighted by molar-refractivity contribution is 9.09. The molecule has 0 aromatic carbocycles. The van der Waals surface area contributed by atoms with E-state index in [1.165, 1.54) is 0 Å². The second kappa shape index (κ2) is 4.24. The van der Waals surface area contributed by atoms with Gasteiger partial charge in [0.1, 0.15) is 16.7 Å². The monoisotopic (exact) mass is 244 g/mol. The van der Waals surface area contributed by atoms with Crippen molar-refractivity contribution in [2.24, 2.45) is 0 Å². The summed E-state index contributed by atoms with van der Waals surface area (Å²) in [7, 11) is 0. The van der Waals surface area contributed by atoms with Gasteiger partial charge < -0.3 is 9.90 Å². The van der Waals surface area contributed by atoms with Gasteiger partial charge in [0.05, 0.1) is 5.33 Å². The van der Waals surface area contributed by atoms with Gasteiger partial charge in [-0.15, -0.1) is 11.3 Å². The van der Waals surface area contributed by atoms with E-state index in [1.807, 2.05) is 0 Å². The number of halogens is 1. The summed E-state index contributed by atoms with van der Waals surface area (Å²) in [6, 6.07) is 0. The molecule has 0 radical (unpaired) electrons. The Labute approximate surface area is 81.6 Å². The molecular formula is C7H3BrNO2S-.